The van der Waals surface area contributed by atoms with E-state index in [1.165, 1.54) is 19.3 Å². The smallest absolute Gasteiger partial charge is 0.303 e. The molecule has 25 heavy (non-hydrogen) atoms. The van der Waals surface area contributed by atoms with Crippen molar-refractivity contribution in [3.05, 3.63) is 60.8 Å². The summed E-state index contributed by atoms with van der Waals surface area (Å²) in [5.41, 5.74) is 0. The first-order valence-electron chi connectivity index (χ1n) is 9.35. The van der Waals surface area contributed by atoms with Crippen LogP contribution in [0, 0.1) is 0 Å². The van der Waals surface area contributed by atoms with Gasteiger partial charge in [-0.2, -0.15) is 0 Å². The lowest BCUT2D eigenvalue weighted by molar-refractivity contribution is -0.136. The van der Waals surface area contributed by atoms with Crippen LogP contribution in [0.2, 0.25) is 0 Å². The van der Waals surface area contributed by atoms with Gasteiger partial charge in [-0.3, -0.25) is 4.79 Å². The van der Waals surface area contributed by atoms with Gasteiger partial charge < -0.3 is 10.2 Å². The minimum atomic E-state index is -0.771. The van der Waals surface area contributed by atoms with Crippen molar-refractivity contribution >= 4 is 5.97 Å². The Morgan fingerprint density at radius 2 is 1.56 bits per heavy atom. The monoisotopic (exact) mass is 346 g/mol. The summed E-state index contributed by atoms with van der Waals surface area (Å²) in [5.74, 6) is -0.771. The summed E-state index contributed by atoms with van der Waals surface area (Å²) >= 11 is 0. The minimum absolute atomic E-state index is 0.173. The normalized spacial score (nSPS) is 14.0. The molecule has 3 heteroatoms. The van der Waals surface area contributed by atoms with E-state index in [-0.39, 0.29) is 6.42 Å². The first kappa shape index (κ1) is 23.1. The molecule has 2 N–H and O–H groups in total. The van der Waals surface area contributed by atoms with E-state index in [2.05, 4.69) is 25.2 Å². The van der Waals surface area contributed by atoms with Crippen molar-refractivity contribution in [3.63, 3.8) is 0 Å². The SMILES string of the molecule is CCCCC/C=C/C/C=C/C=C/C(O)C/C=C/C/C=C/CCC(=O)O. The fraction of sp³-hybridized carbons (Fsp3) is 0.500. The standard InChI is InChI=1S/C22H34O3/c1-2-3-4-5-6-7-8-9-12-15-18-21(23)19-16-13-10-11-14-17-20-22(24)25/h6-7,9,11-16,18,21,23H,2-5,8,10,17,19-20H2,1H3,(H,24,25)/b7-6+,12-9+,14-11+,16-13+,18-15+. The number of carboxylic acids is 1. The molecule has 0 aliphatic heterocycles. The van der Waals surface area contributed by atoms with Crippen LogP contribution in [0.25, 0.3) is 0 Å². The van der Waals surface area contributed by atoms with Crippen LogP contribution in [-0.2, 0) is 4.79 Å². The second kappa shape index (κ2) is 18.5. The average molecular weight is 347 g/mol. The van der Waals surface area contributed by atoms with Crippen LogP contribution in [0.15, 0.2) is 60.8 Å². The van der Waals surface area contributed by atoms with E-state index in [1.54, 1.807) is 6.08 Å². The Morgan fingerprint density at radius 1 is 0.880 bits per heavy atom. The van der Waals surface area contributed by atoms with Gasteiger partial charge in [0, 0.05) is 6.42 Å². The Bertz CT molecular complexity index is 456. The summed E-state index contributed by atoms with van der Waals surface area (Å²) in [7, 11) is 0. The van der Waals surface area contributed by atoms with Gasteiger partial charge >= 0.3 is 5.97 Å². The fourth-order valence-electron chi connectivity index (χ4n) is 2.06. The molecule has 0 fully saturated rings. The van der Waals surface area contributed by atoms with Gasteiger partial charge in [0.05, 0.1) is 6.10 Å². The highest BCUT2D eigenvalue weighted by Crippen LogP contribution is 2.01. The molecule has 140 valence electrons. The van der Waals surface area contributed by atoms with Crippen molar-refractivity contribution in [1.29, 1.82) is 0 Å². The Hall–Kier alpha value is -1.87. The minimum Gasteiger partial charge on any atom is -0.481 e. The number of unbranched alkanes of at least 4 members (excludes halogenated alkanes) is 3. The van der Waals surface area contributed by atoms with Crippen molar-refractivity contribution in [3.8, 4) is 0 Å². The zero-order chi connectivity index (χ0) is 18.6. The van der Waals surface area contributed by atoms with Gasteiger partial charge in [0.1, 0.15) is 0 Å². The number of hydrogen-bond donors (Lipinski definition) is 2. The van der Waals surface area contributed by atoms with Crippen LogP contribution >= 0.6 is 0 Å². The van der Waals surface area contributed by atoms with Crippen molar-refractivity contribution < 1.29 is 15.0 Å². The molecule has 0 aliphatic carbocycles. The molecule has 0 aromatic carbocycles. The van der Waals surface area contributed by atoms with Gasteiger partial charge in [0.25, 0.3) is 0 Å². The highest BCUT2D eigenvalue weighted by atomic mass is 16.4. The first-order valence-corrected chi connectivity index (χ1v) is 9.35. The molecule has 0 radical (unpaired) electrons. The van der Waals surface area contributed by atoms with Crippen LogP contribution in [-0.4, -0.2) is 22.3 Å². The van der Waals surface area contributed by atoms with Crippen molar-refractivity contribution in [2.24, 2.45) is 0 Å². The molecule has 0 rings (SSSR count). The van der Waals surface area contributed by atoms with Gasteiger partial charge in [-0.25, -0.2) is 0 Å². The van der Waals surface area contributed by atoms with Crippen LogP contribution in [0.5, 0.6) is 0 Å². The summed E-state index contributed by atoms with van der Waals surface area (Å²) in [6, 6.07) is 0. The second-order valence-corrected chi connectivity index (χ2v) is 5.93. The van der Waals surface area contributed by atoms with Gasteiger partial charge in [-0.15, -0.1) is 0 Å². The molecule has 0 saturated heterocycles. The Labute approximate surface area is 153 Å². The summed E-state index contributed by atoms with van der Waals surface area (Å²) < 4.78 is 0. The predicted octanol–water partition coefficient (Wildman–Crippen LogP) is 5.74. The molecule has 0 aromatic heterocycles. The van der Waals surface area contributed by atoms with Crippen LogP contribution in [0.3, 0.4) is 0 Å². The number of carbonyl (C=O) groups is 1. The van der Waals surface area contributed by atoms with Crippen molar-refractivity contribution in [2.45, 2.75) is 70.8 Å². The van der Waals surface area contributed by atoms with E-state index < -0.39 is 12.1 Å². The Balaban J connectivity index is 3.68. The number of hydrogen-bond acceptors (Lipinski definition) is 2. The summed E-state index contributed by atoms with van der Waals surface area (Å²) in [6.07, 6.45) is 27.4. The molecule has 0 bridgehead atoms. The average Bonchev–Trinajstić information content (AvgIpc) is 2.58. The van der Waals surface area contributed by atoms with Gasteiger partial charge in [0.2, 0.25) is 0 Å². The van der Waals surface area contributed by atoms with E-state index in [0.717, 1.165) is 19.3 Å². The van der Waals surface area contributed by atoms with E-state index in [4.69, 9.17) is 5.11 Å². The third kappa shape index (κ3) is 20.1. The zero-order valence-electron chi connectivity index (χ0n) is 15.5. The maximum absolute atomic E-state index is 10.3. The molecule has 0 aromatic rings. The van der Waals surface area contributed by atoms with Crippen LogP contribution < -0.4 is 0 Å². The second-order valence-electron chi connectivity index (χ2n) is 5.93. The quantitative estimate of drug-likeness (QED) is 0.226. The first-order chi connectivity index (χ1) is 12.2. The van der Waals surface area contributed by atoms with Crippen molar-refractivity contribution in [2.75, 3.05) is 0 Å². The van der Waals surface area contributed by atoms with Crippen LogP contribution in [0.4, 0.5) is 0 Å². The lowest BCUT2D eigenvalue weighted by atomic mass is 10.2. The number of carboxylic acid groups (broad SMARTS) is 1. The maximum Gasteiger partial charge on any atom is 0.303 e. The number of aliphatic carboxylic acids is 1. The van der Waals surface area contributed by atoms with E-state index in [0.29, 0.717) is 12.8 Å². The molecule has 0 saturated carbocycles. The molecule has 0 aliphatic rings. The van der Waals surface area contributed by atoms with Crippen molar-refractivity contribution in [1.82, 2.24) is 0 Å². The fourth-order valence-corrected chi connectivity index (χ4v) is 2.06. The van der Waals surface area contributed by atoms with Gasteiger partial charge in [0.15, 0.2) is 0 Å². The largest absolute Gasteiger partial charge is 0.481 e. The van der Waals surface area contributed by atoms with E-state index in [1.807, 2.05) is 36.5 Å². The molecular weight excluding hydrogens is 312 g/mol. The molecule has 0 spiro atoms. The van der Waals surface area contributed by atoms with Gasteiger partial charge in [-0.1, -0.05) is 80.5 Å². The van der Waals surface area contributed by atoms with Crippen LogP contribution in [0.1, 0.15) is 64.7 Å². The third-order valence-electron chi connectivity index (χ3n) is 3.50. The van der Waals surface area contributed by atoms with E-state index in [9.17, 15) is 9.90 Å². The highest BCUT2D eigenvalue weighted by Gasteiger charge is 1.93. The zero-order valence-corrected chi connectivity index (χ0v) is 15.5. The highest BCUT2D eigenvalue weighted by molar-refractivity contribution is 5.66. The predicted molar refractivity (Wildman–Crippen MR) is 107 cm³/mol. The lowest BCUT2D eigenvalue weighted by Crippen LogP contribution is -1.98. The topological polar surface area (TPSA) is 57.5 Å². The molecule has 1 unspecified atom stereocenters. The number of rotatable bonds is 15. The number of aliphatic hydroxyl groups excluding tert-OH is 1. The molecular formula is C22H34O3. The molecule has 0 heterocycles. The molecule has 3 nitrogen and oxygen atoms in total. The molecule has 1 atom stereocenters. The lowest BCUT2D eigenvalue weighted by Gasteiger charge is -1.98. The summed E-state index contributed by atoms with van der Waals surface area (Å²) in [5, 5.41) is 18.3. The Morgan fingerprint density at radius 3 is 2.28 bits per heavy atom. The summed E-state index contributed by atoms with van der Waals surface area (Å²) in [6.45, 7) is 2.21. The molecule has 0 amide bonds. The Kier molecular flexibility index (Phi) is 17.1. The summed E-state index contributed by atoms with van der Waals surface area (Å²) in [4.78, 5) is 10.3. The number of aliphatic hydroxyl groups is 1. The number of allylic oxidation sites excluding steroid dienone is 8. The van der Waals surface area contributed by atoms with Gasteiger partial charge in [-0.05, 0) is 38.5 Å². The van der Waals surface area contributed by atoms with E-state index >= 15 is 0 Å². The maximum atomic E-state index is 10.3. The third-order valence-corrected chi connectivity index (χ3v) is 3.50.